The number of benzene rings is 3. The predicted molar refractivity (Wildman–Crippen MR) is 140 cm³/mol. The molecule has 1 atom stereocenters. The Hall–Kier alpha value is -1.61. The van der Waals surface area contributed by atoms with Crippen LogP contribution in [0.1, 0.15) is 18.1 Å². The van der Waals surface area contributed by atoms with E-state index in [1.807, 2.05) is 25.1 Å². The molecule has 1 heterocycles. The topological polar surface area (TPSA) is 57.7 Å². The molecule has 1 aliphatic heterocycles. The van der Waals surface area contributed by atoms with Crippen molar-refractivity contribution in [1.82, 2.24) is 4.31 Å². The third-order valence-electron chi connectivity index (χ3n) is 5.65. The molecule has 5 nitrogen and oxygen atoms in total. The van der Waals surface area contributed by atoms with Gasteiger partial charge in [0.05, 0.1) is 11.4 Å². The second-order valence-corrected chi connectivity index (χ2v) is 12.2. The standard InChI is InChI=1S/C24H20BrCl3N2O3S/c1-15-10-17-11-18(25)3-9-23(17)30(15)24(31)14-29(13-16-2-4-20(27)12-22(16)28)34(32,33)21-7-5-19(26)6-8-21/h2-9,11-12,15H,10,13-14H2,1H3/t15-/m0/s1. The Kier molecular flexibility index (Phi) is 7.62. The molecule has 4 rings (SSSR count). The predicted octanol–water partition coefficient (Wildman–Crippen LogP) is 6.58. The highest BCUT2D eigenvalue weighted by Crippen LogP contribution is 2.35. The Morgan fingerprint density at radius 1 is 1.03 bits per heavy atom. The minimum Gasteiger partial charge on any atom is -0.308 e. The summed E-state index contributed by atoms with van der Waals surface area (Å²) in [4.78, 5) is 15.2. The molecule has 0 radical (unpaired) electrons. The second-order valence-electron chi connectivity index (χ2n) is 8.05. The normalized spacial score (nSPS) is 15.6. The zero-order valence-corrected chi connectivity index (χ0v) is 22.7. The average Bonchev–Trinajstić information content (AvgIpc) is 3.10. The van der Waals surface area contributed by atoms with Gasteiger partial charge in [-0.2, -0.15) is 4.31 Å². The molecular weight excluding hydrogens is 583 g/mol. The molecule has 0 N–H and O–H groups in total. The summed E-state index contributed by atoms with van der Waals surface area (Å²) in [6, 6.07) is 16.3. The summed E-state index contributed by atoms with van der Waals surface area (Å²) < 4.78 is 29.2. The maximum absolute atomic E-state index is 13.6. The van der Waals surface area contributed by atoms with Crippen LogP contribution in [-0.4, -0.2) is 31.2 Å². The highest BCUT2D eigenvalue weighted by Gasteiger charge is 2.35. The lowest BCUT2D eigenvalue weighted by Gasteiger charge is -2.28. The first kappa shape index (κ1) is 25.5. The van der Waals surface area contributed by atoms with Gasteiger partial charge in [-0.1, -0.05) is 56.8 Å². The highest BCUT2D eigenvalue weighted by atomic mass is 79.9. The Bertz CT molecular complexity index is 1350. The maximum atomic E-state index is 13.6. The monoisotopic (exact) mass is 600 g/mol. The Balaban J connectivity index is 1.69. The first-order chi connectivity index (χ1) is 16.1. The van der Waals surface area contributed by atoms with E-state index in [1.165, 1.54) is 24.3 Å². The van der Waals surface area contributed by atoms with Crippen LogP contribution >= 0.6 is 50.7 Å². The van der Waals surface area contributed by atoms with Crippen molar-refractivity contribution in [3.63, 3.8) is 0 Å². The summed E-state index contributed by atoms with van der Waals surface area (Å²) in [5.41, 5.74) is 2.35. The molecule has 1 aliphatic rings. The molecule has 0 spiro atoms. The van der Waals surface area contributed by atoms with Crippen LogP contribution in [0.4, 0.5) is 5.69 Å². The van der Waals surface area contributed by atoms with Crippen LogP contribution in [0, 0.1) is 0 Å². The van der Waals surface area contributed by atoms with Crippen molar-refractivity contribution in [3.8, 4) is 0 Å². The Morgan fingerprint density at radius 2 is 1.71 bits per heavy atom. The maximum Gasteiger partial charge on any atom is 0.243 e. The van der Waals surface area contributed by atoms with E-state index in [1.54, 1.807) is 23.1 Å². The van der Waals surface area contributed by atoms with Crippen LogP contribution in [0.2, 0.25) is 15.1 Å². The summed E-state index contributed by atoms with van der Waals surface area (Å²) in [5.74, 6) is -0.323. The number of fused-ring (bicyclic) bond motifs is 1. The number of anilines is 1. The third kappa shape index (κ3) is 5.30. The SMILES string of the molecule is C[C@H]1Cc2cc(Br)ccc2N1C(=O)CN(Cc1ccc(Cl)cc1Cl)S(=O)(=O)c1ccc(Cl)cc1. The molecule has 0 saturated carbocycles. The van der Waals surface area contributed by atoms with Gasteiger partial charge in [0.1, 0.15) is 0 Å². The van der Waals surface area contributed by atoms with Gasteiger partial charge in [-0.25, -0.2) is 8.42 Å². The zero-order chi connectivity index (χ0) is 24.6. The van der Waals surface area contributed by atoms with Gasteiger partial charge in [-0.3, -0.25) is 4.79 Å². The molecule has 0 aliphatic carbocycles. The number of rotatable bonds is 6. The van der Waals surface area contributed by atoms with E-state index in [-0.39, 0.29) is 29.9 Å². The van der Waals surface area contributed by atoms with E-state index in [2.05, 4.69) is 15.9 Å². The molecule has 3 aromatic rings. The molecule has 34 heavy (non-hydrogen) atoms. The van der Waals surface area contributed by atoms with Gasteiger partial charge >= 0.3 is 0 Å². The summed E-state index contributed by atoms with van der Waals surface area (Å²) in [5, 5.41) is 1.17. The molecule has 3 aromatic carbocycles. The number of carbonyl (C=O) groups is 1. The Morgan fingerprint density at radius 3 is 2.38 bits per heavy atom. The van der Waals surface area contributed by atoms with Crippen LogP contribution in [0.3, 0.4) is 0 Å². The summed E-state index contributed by atoms with van der Waals surface area (Å²) in [7, 11) is -4.04. The van der Waals surface area contributed by atoms with Crippen LogP contribution in [-0.2, 0) is 27.8 Å². The number of halogens is 4. The van der Waals surface area contributed by atoms with Crippen LogP contribution in [0.25, 0.3) is 0 Å². The summed E-state index contributed by atoms with van der Waals surface area (Å²) in [6.45, 7) is 1.49. The van der Waals surface area contributed by atoms with Gasteiger partial charge in [-0.05, 0) is 79.1 Å². The van der Waals surface area contributed by atoms with Crippen molar-refractivity contribution >= 4 is 72.4 Å². The first-order valence-electron chi connectivity index (χ1n) is 10.4. The van der Waals surface area contributed by atoms with E-state index in [0.29, 0.717) is 27.1 Å². The number of amides is 1. The van der Waals surface area contributed by atoms with E-state index in [0.717, 1.165) is 20.0 Å². The van der Waals surface area contributed by atoms with Crippen molar-refractivity contribution in [2.75, 3.05) is 11.4 Å². The second kappa shape index (κ2) is 10.2. The van der Waals surface area contributed by atoms with Gasteiger partial charge in [0.15, 0.2) is 0 Å². The number of carbonyl (C=O) groups excluding carboxylic acids is 1. The molecule has 0 bridgehead atoms. The number of hydrogen-bond acceptors (Lipinski definition) is 3. The van der Waals surface area contributed by atoms with Crippen molar-refractivity contribution in [1.29, 1.82) is 0 Å². The fourth-order valence-corrected chi connectivity index (χ4v) is 6.40. The Labute approximate surface area is 222 Å². The molecule has 10 heteroatoms. The lowest BCUT2D eigenvalue weighted by Crippen LogP contribution is -2.44. The van der Waals surface area contributed by atoms with Gasteiger partial charge in [0.2, 0.25) is 15.9 Å². The largest absolute Gasteiger partial charge is 0.308 e. The van der Waals surface area contributed by atoms with Crippen molar-refractivity contribution in [2.45, 2.75) is 30.8 Å². The van der Waals surface area contributed by atoms with Crippen LogP contribution in [0.5, 0.6) is 0 Å². The van der Waals surface area contributed by atoms with E-state index >= 15 is 0 Å². The fraction of sp³-hybridized carbons (Fsp3) is 0.208. The molecule has 0 unspecified atom stereocenters. The molecular formula is C24H20BrCl3N2O3S. The van der Waals surface area contributed by atoms with Gasteiger partial charge in [0.25, 0.3) is 0 Å². The molecule has 178 valence electrons. The van der Waals surface area contributed by atoms with Crippen LogP contribution in [0.15, 0.2) is 70.0 Å². The van der Waals surface area contributed by atoms with Gasteiger partial charge in [-0.15, -0.1) is 0 Å². The first-order valence-corrected chi connectivity index (χ1v) is 13.7. The molecule has 0 fully saturated rings. The van der Waals surface area contributed by atoms with E-state index < -0.39 is 10.0 Å². The summed E-state index contributed by atoms with van der Waals surface area (Å²) >= 11 is 21.8. The van der Waals surface area contributed by atoms with E-state index in [9.17, 15) is 13.2 Å². The molecule has 0 saturated heterocycles. The lowest BCUT2D eigenvalue weighted by atomic mass is 10.1. The van der Waals surface area contributed by atoms with Gasteiger partial charge in [0, 0.05) is 37.8 Å². The fourth-order valence-electron chi connectivity index (χ4n) is 4.03. The minimum absolute atomic E-state index is 0.0357. The quantitative estimate of drug-likeness (QED) is 0.320. The number of nitrogens with zero attached hydrogens (tertiary/aromatic N) is 2. The molecule has 0 aromatic heterocycles. The number of hydrogen-bond donors (Lipinski definition) is 0. The number of sulfonamides is 1. The van der Waals surface area contributed by atoms with Crippen LogP contribution < -0.4 is 4.90 Å². The molecule has 1 amide bonds. The third-order valence-corrected chi connectivity index (χ3v) is 8.79. The highest BCUT2D eigenvalue weighted by molar-refractivity contribution is 9.10. The average molecular weight is 603 g/mol. The van der Waals surface area contributed by atoms with Gasteiger partial charge < -0.3 is 4.90 Å². The van der Waals surface area contributed by atoms with E-state index in [4.69, 9.17) is 34.8 Å². The lowest BCUT2D eigenvalue weighted by molar-refractivity contribution is -0.119. The summed E-state index contributed by atoms with van der Waals surface area (Å²) in [6.07, 6.45) is 0.688. The zero-order valence-electron chi connectivity index (χ0n) is 18.0. The van der Waals surface area contributed by atoms with Crippen molar-refractivity contribution in [2.24, 2.45) is 0 Å². The smallest absolute Gasteiger partial charge is 0.243 e. The van der Waals surface area contributed by atoms with Crippen molar-refractivity contribution < 1.29 is 13.2 Å². The van der Waals surface area contributed by atoms with Crippen molar-refractivity contribution in [3.05, 3.63) is 91.3 Å². The minimum atomic E-state index is -4.04.